The van der Waals surface area contributed by atoms with E-state index in [2.05, 4.69) is 22.2 Å². The Hall–Kier alpha value is -2.82. The van der Waals surface area contributed by atoms with Crippen LogP contribution in [0.2, 0.25) is 0 Å². The number of hydrogen-bond donors (Lipinski definition) is 1. The van der Waals surface area contributed by atoms with Crippen LogP contribution >= 0.6 is 0 Å². The van der Waals surface area contributed by atoms with E-state index in [0.29, 0.717) is 11.1 Å². The van der Waals surface area contributed by atoms with Gasteiger partial charge in [-0.05, 0) is 75.6 Å². The monoisotopic (exact) mass is 369 g/mol. The molecule has 0 saturated heterocycles. The smallest absolute Gasteiger partial charge is 0.337 e. The van der Waals surface area contributed by atoms with Crippen LogP contribution in [0.25, 0.3) is 0 Å². The number of hydrogen-bond acceptors (Lipinski definition) is 4. The molecular formula is C22H27NO4. The molecule has 0 bridgehead atoms. The third-order valence-corrected chi connectivity index (χ3v) is 4.11. The number of methoxy groups -OCH3 is 1. The van der Waals surface area contributed by atoms with Crippen molar-refractivity contribution in [1.82, 2.24) is 5.32 Å². The summed E-state index contributed by atoms with van der Waals surface area (Å²) in [4.78, 5) is 23.8. The lowest BCUT2D eigenvalue weighted by Crippen LogP contribution is -2.32. The fourth-order valence-corrected chi connectivity index (χ4v) is 2.64. The maximum Gasteiger partial charge on any atom is 0.337 e. The maximum absolute atomic E-state index is 12.3. The Balaban J connectivity index is 1.83. The molecule has 2 aromatic carbocycles. The van der Waals surface area contributed by atoms with Crippen molar-refractivity contribution in [3.63, 3.8) is 0 Å². The zero-order chi connectivity index (χ0) is 19.8. The lowest BCUT2D eigenvalue weighted by atomic mass is 10.1. The SMILES string of the molecule is COC(=O)c1ccc(C(=O)NC(C)CCc2ccc(OC(C)C)cc2)cc1. The van der Waals surface area contributed by atoms with Gasteiger partial charge in [-0.25, -0.2) is 4.79 Å². The maximum atomic E-state index is 12.3. The molecule has 2 aromatic rings. The lowest BCUT2D eigenvalue weighted by molar-refractivity contribution is 0.0600. The molecule has 1 amide bonds. The Kier molecular flexibility index (Phi) is 7.41. The third kappa shape index (κ3) is 6.44. The molecular weight excluding hydrogens is 342 g/mol. The van der Waals surface area contributed by atoms with Gasteiger partial charge in [-0.2, -0.15) is 0 Å². The van der Waals surface area contributed by atoms with Crippen LogP contribution < -0.4 is 10.1 Å². The van der Waals surface area contributed by atoms with Gasteiger partial charge in [0.25, 0.3) is 5.91 Å². The number of ether oxygens (including phenoxy) is 2. The van der Waals surface area contributed by atoms with E-state index in [-0.39, 0.29) is 18.1 Å². The largest absolute Gasteiger partial charge is 0.491 e. The standard InChI is InChI=1S/C22H27NO4/c1-15(2)27-20-13-7-17(8-14-20)6-5-16(3)23-21(24)18-9-11-19(12-10-18)22(25)26-4/h7-16H,5-6H2,1-4H3,(H,23,24). The van der Waals surface area contributed by atoms with Crippen molar-refractivity contribution in [1.29, 1.82) is 0 Å². The van der Waals surface area contributed by atoms with E-state index in [1.165, 1.54) is 12.7 Å². The van der Waals surface area contributed by atoms with Crippen LogP contribution in [0.1, 0.15) is 53.5 Å². The number of carbonyl (C=O) groups is 2. The summed E-state index contributed by atoms with van der Waals surface area (Å²) in [5.74, 6) is 0.297. The van der Waals surface area contributed by atoms with Crippen LogP contribution in [0.5, 0.6) is 5.75 Å². The second kappa shape index (κ2) is 9.76. The van der Waals surface area contributed by atoms with Crippen molar-refractivity contribution < 1.29 is 19.1 Å². The molecule has 0 aliphatic heterocycles. The van der Waals surface area contributed by atoms with Crippen LogP contribution in [0.3, 0.4) is 0 Å². The molecule has 144 valence electrons. The summed E-state index contributed by atoms with van der Waals surface area (Å²) in [6.07, 6.45) is 1.86. The Morgan fingerprint density at radius 1 is 0.926 bits per heavy atom. The Morgan fingerprint density at radius 2 is 1.52 bits per heavy atom. The minimum absolute atomic E-state index is 0.0318. The van der Waals surface area contributed by atoms with Crippen molar-refractivity contribution in [2.75, 3.05) is 7.11 Å². The normalized spacial score (nSPS) is 11.7. The van der Waals surface area contributed by atoms with E-state index < -0.39 is 5.97 Å². The lowest BCUT2D eigenvalue weighted by Gasteiger charge is -2.14. The predicted molar refractivity (Wildman–Crippen MR) is 105 cm³/mol. The van der Waals surface area contributed by atoms with Gasteiger partial charge in [0, 0.05) is 11.6 Å². The van der Waals surface area contributed by atoms with Gasteiger partial charge in [0.15, 0.2) is 0 Å². The second-order valence-corrected chi connectivity index (χ2v) is 6.79. The van der Waals surface area contributed by atoms with Gasteiger partial charge in [-0.3, -0.25) is 4.79 Å². The number of esters is 1. The first kappa shape index (κ1) is 20.5. The van der Waals surface area contributed by atoms with E-state index >= 15 is 0 Å². The molecule has 27 heavy (non-hydrogen) atoms. The minimum Gasteiger partial charge on any atom is -0.491 e. The van der Waals surface area contributed by atoms with Gasteiger partial charge in [-0.15, -0.1) is 0 Å². The van der Waals surface area contributed by atoms with Crippen LogP contribution in [0.4, 0.5) is 0 Å². The molecule has 0 aromatic heterocycles. The van der Waals surface area contributed by atoms with Crippen molar-refractivity contribution in [2.45, 2.75) is 45.8 Å². The summed E-state index contributed by atoms with van der Waals surface area (Å²) in [6.45, 7) is 5.99. The van der Waals surface area contributed by atoms with E-state index in [1.54, 1.807) is 24.3 Å². The third-order valence-electron chi connectivity index (χ3n) is 4.11. The second-order valence-electron chi connectivity index (χ2n) is 6.79. The van der Waals surface area contributed by atoms with Gasteiger partial charge in [0.1, 0.15) is 5.75 Å². The van der Waals surface area contributed by atoms with Crippen LogP contribution in [0, 0.1) is 0 Å². The molecule has 2 rings (SSSR count). The number of benzene rings is 2. The highest BCUT2D eigenvalue weighted by atomic mass is 16.5. The summed E-state index contributed by atoms with van der Waals surface area (Å²) in [7, 11) is 1.33. The molecule has 5 nitrogen and oxygen atoms in total. The molecule has 0 aliphatic rings. The summed E-state index contributed by atoms with van der Waals surface area (Å²) in [6, 6.07) is 14.5. The van der Waals surface area contributed by atoms with Gasteiger partial charge in [0.2, 0.25) is 0 Å². The number of rotatable bonds is 8. The van der Waals surface area contributed by atoms with Gasteiger partial charge >= 0.3 is 5.97 Å². The Bertz CT molecular complexity index is 751. The van der Waals surface area contributed by atoms with Gasteiger partial charge < -0.3 is 14.8 Å². The molecule has 1 atom stereocenters. The Morgan fingerprint density at radius 3 is 2.07 bits per heavy atom. The fraction of sp³-hybridized carbons (Fsp3) is 0.364. The number of aryl methyl sites for hydroxylation is 1. The molecule has 0 fully saturated rings. The first-order chi connectivity index (χ1) is 12.9. The average molecular weight is 369 g/mol. The first-order valence-corrected chi connectivity index (χ1v) is 9.14. The zero-order valence-corrected chi connectivity index (χ0v) is 16.3. The number of carbonyl (C=O) groups excluding carboxylic acids is 2. The van der Waals surface area contributed by atoms with Crippen LogP contribution in [0.15, 0.2) is 48.5 Å². The summed E-state index contributed by atoms with van der Waals surface area (Å²) >= 11 is 0. The van der Waals surface area contributed by atoms with E-state index in [1.807, 2.05) is 32.9 Å². The highest BCUT2D eigenvalue weighted by Gasteiger charge is 2.12. The highest BCUT2D eigenvalue weighted by molar-refractivity contribution is 5.96. The molecule has 1 unspecified atom stereocenters. The number of nitrogens with one attached hydrogen (secondary N) is 1. The zero-order valence-electron chi connectivity index (χ0n) is 16.3. The van der Waals surface area contributed by atoms with Crippen molar-refractivity contribution in [3.8, 4) is 5.75 Å². The van der Waals surface area contributed by atoms with Crippen LogP contribution in [-0.2, 0) is 11.2 Å². The summed E-state index contributed by atoms with van der Waals surface area (Å²) < 4.78 is 10.3. The van der Waals surface area contributed by atoms with Crippen molar-refractivity contribution in [3.05, 3.63) is 65.2 Å². The van der Waals surface area contributed by atoms with Gasteiger partial charge in [-0.1, -0.05) is 12.1 Å². The molecule has 0 aliphatic carbocycles. The van der Waals surface area contributed by atoms with Gasteiger partial charge in [0.05, 0.1) is 18.8 Å². The minimum atomic E-state index is -0.417. The predicted octanol–water partition coefficient (Wildman–Crippen LogP) is 4.01. The Labute approximate surface area is 160 Å². The average Bonchev–Trinajstić information content (AvgIpc) is 2.66. The van der Waals surface area contributed by atoms with E-state index in [4.69, 9.17) is 4.74 Å². The summed E-state index contributed by atoms with van der Waals surface area (Å²) in [5, 5.41) is 2.99. The summed E-state index contributed by atoms with van der Waals surface area (Å²) in [5.41, 5.74) is 2.14. The van der Waals surface area contributed by atoms with Crippen LogP contribution in [-0.4, -0.2) is 31.1 Å². The van der Waals surface area contributed by atoms with E-state index in [9.17, 15) is 9.59 Å². The van der Waals surface area contributed by atoms with E-state index in [0.717, 1.165) is 18.6 Å². The first-order valence-electron chi connectivity index (χ1n) is 9.14. The molecule has 0 radical (unpaired) electrons. The molecule has 5 heteroatoms. The molecule has 0 heterocycles. The van der Waals surface area contributed by atoms with Crippen molar-refractivity contribution in [2.24, 2.45) is 0 Å². The fourth-order valence-electron chi connectivity index (χ4n) is 2.64. The van der Waals surface area contributed by atoms with Crippen molar-refractivity contribution >= 4 is 11.9 Å². The topological polar surface area (TPSA) is 64.6 Å². The highest BCUT2D eigenvalue weighted by Crippen LogP contribution is 2.15. The molecule has 0 spiro atoms. The quantitative estimate of drug-likeness (QED) is 0.714. The molecule has 1 N–H and O–H groups in total. The number of amides is 1. The molecule has 0 saturated carbocycles.